The molecule has 0 heterocycles. The minimum absolute atomic E-state index is 0.00407. The SMILES string of the molecule is CCN(CC)C(CN)c1ccc(O)cc1O. The fourth-order valence-electron chi connectivity index (χ4n) is 1.95. The van der Waals surface area contributed by atoms with Gasteiger partial charge in [-0.25, -0.2) is 0 Å². The van der Waals surface area contributed by atoms with Crippen LogP contribution in [0.2, 0.25) is 0 Å². The van der Waals surface area contributed by atoms with E-state index >= 15 is 0 Å². The predicted molar refractivity (Wildman–Crippen MR) is 64.5 cm³/mol. The zero-order chi connectivity index (χ0) is 12.1. The van der Waals surface area contributed by atoms with Crippen molar-refractivity contribution in [2.45, 2.75) is 19.9 Å². The Kier molecular flexibility index (Phi) is 4.58. The molecule has 4 N–H and O–H groups in total. The molecule has 0 aliphatic heterocycles. The number of hydrogen-bond donors (Lipinski definition) is 3. The summed E-state index contributed by atoms with van der Waals surface area (Å²) < 4.78 is 0. The summed E-state index contributed by atoms with van der Waals surface area (Å²) in [6.45, 7) is 6.31. The van der Waals surface area contributed by atoms with E-state index in [2.05, 4.69) is 18.7 Å². The first-order valence-electron chi connectivity index (χ1n) is 5.60. The van der Waals surface area contributed by atoms with Crippen LogP contribution >= 0.6 is 0 Å². The summed E-state index contributed by atoms with van der Waals surface area (Å²) in [5.74, 6) is 0.166. The molecular weight excluding hydrogens is 204 g/mol. The molecule has 0 saturated carbocycles. The first-order valence-corrected chi connectivity index (χ1v) is 5.60. The topological polar surface area (TPSA) is 69.7 Å². The summed E-state index contributed by atoms with van der Waals surface area (Å²) in [6, 6.07) is 4.64. The van der Waals surface area contributed by atoms with E-state index in [1.807, 2.05) is 0 Å². The first kappa shape index (κ1) is 12.8. The van der Waals surface area contributed by atoms with Crippen molar-refractivity contribution in [1.82, 2.24) is 4.90 Å². The number of rotatable bonds is 5. The number of likely N-dealkylation sites (N-methyl/N-ethyl adjacent to an activating group) is 1. The van der Waals surface area contributed by atoms with E-state index in [9.17, 15) is 10.2 Å². The number of hydrogen-bond acceptors (Lipinski definition) is 4. The van der Waals surface area contributed by atoms with Crippen LogP contribution in [0.5, 0.6) is 11.5 Å². The van der Waals surface area contributed by atoms with Crippen LogP contribution in [0.1, 0.15) is 25.5 Å². The molecule has 0 fully saturated rings. The van der Waals surface area contributed by atoms with Gasteiger partial charge in [0.1, 0.15) is 11.5 Å². The van der Waals surface area contributed by atoms with Gasteiger partial charge in [-0.1, -0.05) is 19.9 Å². The Morgan fingerprint density at radius 3 is 2.31 bits per heavy atom. The molecule has 90 valence electrons. The van der Waals surface area contributed by atoms with Crippen LogP contribution in [0.15, 0.2) is 18.2 Å². The van der Waals surface area contributed by atoms with Gasteiger partial charge < -0.3 is 15.9 Å². The second kappa shape index (κ2) is 5.72. The highest BCUT2D eigenvalue weighted by molar-refractivity contribution is 5.41. The minimum Gasteiger partial charge on any atom is -0.508 e. The highest BCUT2D eigenvalue weighted by Gasteiger charge is 2.19. The van der Waals surface area contributed by atoms with Gasteiger partial charge in [-0.2, -0.15) is 0 Å². The number of phenolic OH excluding ortho intramolecular Hbond substituents is 2. The van der Waals surface area contributed by atoms with E-state index in [-0.39, 0.29) is 17.5 Å². The average Bonchev–Trinajstić information content (AvgIpc) is 2.27. The first-order chi connectivity index (χ1) is 7.63. The van der Waals surface area contributed by atoms with Gasteiger partial charge in [-0.05, 0) is 19.2 Å². The van der Waals surface area contributed by atoms with E-state index in [1.165, 1.54) is 6.07 Å². The highest BCUT2D eigenvalue weighted by Crippen LogP contribution is 2.30. The lowest BCUT2D eigenvalue weighted by Crippen LogP contribution is -2.33. The molecule has 0 radical (unpaired) electrons. The van der Waals surface area contributed by atoms with E-state index < -0.39 is 0 Å². The molecule has 16 heavy (non-hydrogen) atoms. The normalized spacial score (nSPS) is 13.0. The van der Waals surface area contributed by atoms with Crippen molar-refractivity contribution in [3.05, 3.63) is 23.8 Å². The van der Waals surface area contributed by atoms with Crippen molar-refractivity contribution >= 4 is 0 Å². The zero-order valence-corrected chi connectivity index (χ0v) is 9.85. The van der Waals surface area contributed by atoms with Gasteiger partial charge in [0.2, 0.25) is 0 Å². The van der Waals surface area contributed by atoms with Crippen LogP contribution in [0, 0.1) is 0 Å². The second-order valence-electron chi connectivity index (χ2n) is 3.72. The fourth-order valence-corrected chi connectivity index (χ4v) is 1.95. The third kappa shape index (κ3) is 2.65. The molecule has 1 aromatic carbocycles. The third-order valence-electron chi connectivity index (χ3n) is 2.85. The lowest BCUT2D eigenvalue weighted by Gasteiger charge is -2.29. The molecule has 0 aliphatic rings. The Morgan fingerprint density at radius 1 is 1.25 bits per heavy atom. The lowest BCUT2D eigenvalue weighted by molar-refractivity contribution is 0.220. The van der Waals surface area contributed by atoms with Gasteiger partial charge in [0.15, 0.2) is 0 Å². The maximum atomic E-state index is 9.79. The third-order valence-corrected chi connectivity index (χ3v) is 2.85. The van der Waals surface area contributed by atoms with Crippen molar-refractivity contribution in [3.8, 4) is 11.5 Å². The van der Waals surface area contributed by atoms with Crippen LogP contribution in [0.4, 0.5) is 0 Å². The van der Waals surface area contributed by atoms with Crippen LogP contribution in [0.3, 0.4) is 0 Å². The van der Waals surface area contributed by atoms with Gasteiger partial charge in [-0.3, -0.25) is 4.90 Å². The van der Waals surface area contributed by atoms with Gasteiger partial charge in [0.25, 0.3) is 0 Å². The monoisotopic (exact) mass is 224 g/mol. The molecule has 0 amide bonds. The van der Waals surface area contributed by atoms with E-state index in [0.717, 1.165) is 18.7 Å². The Hall–Kier alpha value is -1.26. The predicted octanol–water partition coefficient (Wildman–Crippen LogP) is 1.44. The van der Waals surface area contributed by atoms with Crippen LogP contribution in [0.25, 0.3) is 0 Å². The Bertz CT molecular complexity index is 338. The molecule has 0 aliphatic carbocycles. The Morgan fingerprint density at radius 2 is 1.88 bits per heavy atom. The molecule has 0 bridgehead atoms. The molecule has 0 spiro atoms. The Labute approximate surface area is 96.3 Å². The zero-order valence-electron chi connectivity index (χ0n) is 9.85. The van der Waals surface area contributed by atoms with Gasteiger partial charge in [0.05, 0.1) is 6.04 Å². The summed E-state index contributed by atoms with van der Waals surface area (Å²) in [5.41, 5.74) is 6.52. The fraction of sp³-hybridized carbons (Fsp3) is 0.500. The molecule has 4 heteroatoms. The maximum absolute atomic E-state index is 9.79. The number of nitrogens with two attached hydrogens (primary N) is 1. The number of nitrogens with zero attached hydrogens (tertiary/aromatic N) is 1. The molecule has 1 rings (SSSR count). The number of benzene rings is 1. The summed E-state index contributed by atoms with van der Waals surface area (Å²) in [4.78, 5) is 2.17. The Balaban J connectivity index is 3.03. The van der Waals surface area contributed by atoms with E-state index in [0.29, 0.717) is 6.54 Å². The van der Waals surface area contributed by atoms with Crippen molar-refractivity contribution in [1.29, 1.82) is 0 Å². The minimum atomic E-state index is -0.00407. The van der Waals surface area contributed by atoms with Crippen LogP contribution in [-0.4, -0.2) is 34.7 Å². The quantitative estimate of drug-likeness (QED) is 0.708. The number of aromatic hydroxyl groups is 2. The summed E-state index contributed by atoms with van der Waals surface area (Å²) in [7, 11) is 0. The molecule has 1 atom stereocenters. The van der Waals surface area contributed by atoms with Gasteiger partial charge >= 0.3 is 0 Å². The maximum Gasteiger partial charge on any atom is 0.124 e. The average molecular weight is 224 g/mol. The standard InChI is InChI=1S/C12H20N2O2/c1-3-14(4-2)11(8-13)10-6-5-9(15)7-12(10)16/h5-7,11,15-16H,3-4,8,13H2,1-2H3. The summed E-state index contributed by atoms with van der Waals surface area (Å²) in [5, 5.41) is 19.0. The van der Waals surface area contributed by atoms with E-state index in [1.54, 1.807) is 12.1 Å². The summed E-state index contributed by atoms with van der Waals surface area (Å²) >= 11 is 0. The van der Waals surface area contributed by atoms with Crippen molar-refractivity contribution in [2.24, 2.45) is 5.73 Å². The van der Waals surface area contributed by atoms with Crippen molar-refractivity contribution in [2.75, 3.05) is 19.6 Å². The van der Waals surface area contributed by atoms with Gasteiger partial charge in [0, 0.05) is 18.2 Å². The summed E-state index contributed by atoms with van der Waals surface area (Å²) in [6.07, 6.45) is 0. The van der Waals surface area contributed by atoms with Crippen molar-refractivity contribution < 1.29 is 10.2 Å². The highest BCUT2D eigenvalue weighted by atomic mass is 16.3. The molecule has 0 aromatic heterocycles. The van der Waals surface area contributed by atoms with Crippen LogP contribution in [-0.2, 0) is 0 Å². The largest absolute Gasteiger partial charge is 0.508 e. The molecular formula is C12H20N2O2. The van der Waals surface area contributed by atoms with Crippen LogP contribution < -0.4 is 5.73 Å². The smallest absolute Gasteiger partial charge is 0.124 e. The number of phenols is 2. The molecule has 0 saturated heterocycles. The molecule has 1 aromatic rings. The molecule has 4 nitrogen and oxygen atoms in total. The molecule has 1 unspecified atom stereocenters. The lowest BCUT2D eigenvalue weighted by atomic mass is 10.0. The van der Waals surface area contributed by atoms with E-state index in [4.69, 9.17) is 5.73 Å². The van der Waals surface area contributed by atoms with Gasteiger partial charge in [-0.15, -0.1) is 0 Å². The van der Waals surface area contributed by atoms with Crippen molar-refractivity contribution in [3.63, 3.8) is 0 Å². The second-order valence-corrected chi connectivity index (χ2v) is 3.72.